The van der Waals surface area contributed by atoms with E-state index in [1.807, 2.05) is 66.7 Å². The van der Waals surface area contributed by atoms with Crippen molar-refractivity contribution in [3.8, 4) is 33.2 Å². The largest absolute Gasteiger partial charge is 0.481 e. The fourth-order valence-corrected chi connectivity index (χ4v) is 3.94. The van der Waals surface area contributed by atoms with E-state index in [4.69, 9.17) is 9.72 Å². The number of hydrogen-bond acceptors (Lipinski definition) is 6. The van der Waals surface area contributed by atoms with Gasteiger partial charge in [0.05, 0.1) is 16.0 Å². The standard InChI is InChI=1S/C25H23N3O3S/c1-25(2,23(29)30)16-27-24-28-21(22(32-24)18-7-6-14-26-15-18)17-10-12-20(13-11-17)31-19-8-4-3-5-9-19/h3-15H,16H2,1-2H3,(H,27,28)(H,29,30). The molecule has 0 bridgehead atoms. The van der Waals surface area contributed by atoms with Crippen LogP contribution in [0.1, 0.15) is 13.8 Å². The number of ether oxygens (including phenoxy) is 1. The third-order valence-corrected chi connectivity index (χ3v) is 5.98. The van der Waals surface area contributed by atoms with Crippen molar-refractivity contribution in [3.05, 3.63) is 79.1 Å². The van der Waals surface area contributed by atoms with Gasteiger partial charge in [-0.2, -0.15) is 0 Å². The van der Waals surface area contributed by atoms with Crippen LogP contribution in [0.5, 0.6) is 11.5 Å². The zero-order chi connectivity index (χ0) is 22.6. The van der Waals surface area contributed by atoms with Gasteiger partial charge in [0.2, 0.25) is 0 Å². The number of carboxylic acids is 1. The molecule has 0 aliphatic carbocycles. The van der Waals surface area contributed by atoms with Gasteiger partial charge in [0, 0.05) is 30.1 Å². The molecule has 7 heteroatoms. The molecule has 2 heterocycles. The van der Waals surface area contributed by atoms with Crippen LogP contribution in [-0.2, 0) is 4.79 Å². The summed E-state index contributed by atoms with van der Waals surface area (Å²) in [6.45, 7) is 3.64. The smallest absolute Gasteiger partial charge is 0.310 e. The average Bonchev–Trinajstić information content (AvgIpc) is 3.24. The zero-order valence-electron chi connectivity index (χ0n) is 17.8. The Morgan fingerprint density at radius 3 is 2.38 bits per heavy atom. The second kappa shape index (κ2) is 9.20. The van der Waals surface area contributed by atoms with E-state index in [1.54, 1.807) is 26.2 Å². The molecule has 0 saturated heterocycles. The van der Waals surface area contributed by atoms with Gasteiger partial charge in [-0.3, -0.25) is 9.78 Å². The highest BCUT2D eigenvalue weighted by molar-refractivity contribution is 7.19. The maximum atomic E-state index is 11.4. The van der Waals surface area contributed by atoms with Crippen LogP contribution in [-0.4, -0.2) is 27.6 Å². The molecule has 2 aromatic heterocycles. The summed E-state index contributed by atoms with van der Waals surface area (Å²) in [5.41, 5.74) is 1.79. The van der Waals surface area contributed by atoms with Crippen molar-refractivity contribution in [2.24, 2.45) is 5.41 Å². The minimum absolute atomic E-state index is 0.269. The van der Waals surface area contributed by atoms with Crippen molar-refractivity contribution in [2.45, 2.75) is 13.8 Å². The third kappa shape index (κ3) is 4.95. The SMILES string of the molecule is CC(C)(CNc1nc(-c2ccc(Oc3ccccc3)cc2)c(-c2cccnc2)s1)C(=O)O. The topological polar surface area (TPSA) is 84.3 Å². The quantitative estimate of drug-likeness (QED) is 0.337. The van der Waals surface area contributed by atoms with Crippen molar-refractivity contribution in [2.75, 3.05) is 11.9 Å². The fourth-order valence-electron chi connectivity index (χ4n) is 2.96. The number of para-hydroxylation sites is 1. The summed E-state index contributed by atoms with van der Waals surface area (Å²) in [5, 5.41) is 13.2. The average molecular weight is 446 g/mol. The molecule has 0 amide bonds. The normalized spacial score (nSPS) is 11.2. The predicted octanol–water partition coefficient (Wildman–Crippen LogP) is 6.19. The molecule has 162 valence electrons. The van der Waals surface area contributed by atoms with Crippen LogP contribution in [0.15, 0.2) is 79.1 Å². The highest BCUT2D eigenvalue weighted by atomic mass is 32.1. The lowest BCUT2D eigenvalue weighted by Crippen LogP contribution is -2.31. The molecule has 4 aromatic rings. The Kier molecular flexibility index (Phi) is 6.18. The molecule has 0 radical (unpaired) electrons. The van der Waals surface area contributed by atoms with Crippen molar-refractivity contribution in [1.82, 2.24) is 9.97 Å². The van der Waals surface area contributed by atoms with Gasteiger partial charge >= 0.3 is 5.97 Å². The highest BCUT2D eigenvalue weighted by Crippen LogP contribution is 2.39. The lowest BCUT2D eigenvalue weighted by atomic mass is 9.94. The van der Waals surface area contributed by atoms with Gasteiger partial charge in [-0.15, -0.1) is 0 Å². The number of thiazole rings is 1. The van der Waals surface area contributed by atoms with E-state index in [0.717, 1.165) is 33.2 Å². The van der Waals surface area contributed by atoms with Gasteiger partial charge in [0.25, 0.3) is 0 Å². The molecule has 0 spiro atoms. The minimum atomic E-state index is -0.906. The van der Waals surface area contributed by atoms with E-state index in [1.165, 1.54) is 11.3 Å². The summed E-state index contributed by atoms with van der Waals surface area (Å²) in [6.07, 6.45) is 3.53. The molecule has 0 aliphatic heterocycles. The van der Waals surface area contributed by atoms with E-state index < -0.39 is 11.4 Å². The summed E-state index contributed by atoms with van der Waals surface area (Å²) >= 11 is 1.48. The number of aromatic nitrogens is 2. The van der Waals surface area contributed by atoms with E-state index in [9.17, 15) is 9.90 Å². The first-order chi connectivity index (χ1) is 15.4. The number of anilines is 1. The number of nitrogens with one attached hydrogen (secondary N) is 1. The van der Waals surface area contributed by atoms with Crippen molar-refractivity contribution in [1.29, 1.82) is 0 Å². The molecule has 0 fully saturated rings. The summed E-state index contributed by atoms with van der Waals surface area (Å²) in [6, 6.07) is 21.3. The van der Waals surface area contributed by atoms with E-state index in [2.05, 4.69) is 10.3 Å². The molecule has 4 rings (SSSR count). The monoisotopic (exact) mass is 445 g/mol. The molecule has 2 N–H and O–H groups in total. The maximum absolute atomic E-state index is 11.4. The van der Waals surface area contributed by atoms with Crippen LogP contribution in [0.25, 0.3) is 21.7 Å². The molecule has 0 atom stereocenters. The van der Waals surface area contributed by atoms with E-state index >= 15 is 0 Å². The Balaban J connectivity index is 1.63. The maximum Gasteiger partial charge on any atom is 0.310 e. The van der Waals surface area contributed by atoms with Gasteiger partial charge in [-0.05, 0) is 56.3 Å². The predicted molar refractivity (Wildman–Crippen MR) is 127 cm³/mol. The lowest BCUT2D eigenvalue weighted by Gasteiger charge is -2.18. The Labute approximate surface area is 190 Å². The van der Waals surface area contributed by atoms with Crippen LogP contribution in [0, 0.1) is 5.41 Å². The zero-order valence-corrected chi connectivity index (χ0v) is 18.6. The molecular formula is C25H23N3O3S. The summed E-state index contributed by atoms with van der Waals surface area (Å²) in [5.74, 6) is 0.653. The van der Waals surface area contributed by atoms with E-state index in [0.29, 0.717) is 5.13 Å². The number of pyridine rings is 1. The first kappa shape index (κ1) is 21.5. The Morgan fingerprint density at radius 1 is 1.00 bits per heavy atom. The second-order valence-corrected chi connectivity index (χ2v) is 8.92. The van der Waals surface area contributed by atoms with Crippen LogP contribution < -0.4 is 10.1 Å². The van der Waals surface area contributed by atoms with E-state index in [-0.39, 0.29) is 6.54 Å². The number of aliphatic carboxylic acids is 1. The van der Waals surface area contributed by atoms with Crippen molar-refractivity contribution < 1.29 is 14.6 Å². The summed E-state index contributed by atoms with van der Waals surface area (Å²) < 4.78 is 5.89. The molecule has 32 heavy (non-hydrogen) atoms. The number of carboxylic acid groups (broad SMARTS) is 1. The third-order valence-electron chi connectivity index (χ3n) is 4.92. The van der Waals surface area contributed by atoms with Crippen molar-refractivity contribution in [3.63, 3.8) is 0 Å². The molecular weight excluding hydrogens is 422 g/mol. The number of nitrogens with zero attached hydrogens (tertiary/aromatic N) is 2. The minimum Gasteiger partial charge on any atom is -0.481 e. The molecule has 2 aromatic carbocycles. The van der Waals surface area contributed by atoms with Crippen LogP contribution in [0.4, 0.5) is 5.13 Å². The first-order valence-electron chi connectivity index (χ1n) is 10.1. The van der Waals surface area contributed by atoms with Crippen molar-refractivity contribution >= 4 is 22.4 Å². The Morgan fingerprint density at radius 2 is 1.72 bits per heavy atom. The molecule has 0 unspecified atom stereocenters. The number of hydrogen-bond donors (Lipinski definition) is 2. The first-order valence-corrected chi connectivity index (χ1v) is 11.0. The highest BCUT2D eigenvalue weighted by Gasteiger charge is 2.27. The number of rotatable bonds is 8. The van der Waals surface area contributed by atoms with Gasteiger partial charge in [-0.1, -0.05) is 35.6 Å². The number of carbonyl (C=O) groups is 1. The van der Waals surface area contributed by atoms with Crippen LogP contribution in [0.3, 0.4) is 0 Å². The fraction of sp³-hybridized carbons (Fsp3) is 0.160. The lowest BCUT2D eigenvalue weighted by molar-refractivity contribution is -0.146. The molecule has 0 saturated carbocycles. The molecule has 6 nitrogen and oxygen atoms in total. The van der Waals surface area contributed by atoms with Gasteiger partial charge < -0.3 is 15.2 Å². The summed E-state index contributed by atoms with van der Waals surface area (Å²) in [4.78, 5) is 21.4. The van der Waals surface area contributed by atoms with Gasteiger partial charge in [-0.25, -0.2) is 4.98 Å². The van der Waals surface area contributed by atoms with Crippen LogP contribution in [0.2, 0.25) is 0 Å². The second-order valence-electron chi connectivity index (χ2n) is 7.92. The Bertz CT molecular complexity index is 1190. The van der Waals surface area contributed by atoms with Gasteiger partial charge in [0.1, 0.15) is 11.5 Å². The van der Waals surface area contributed by atoms with Gasteiger partial charge in [0.15, 0.2) is 5.13 Å². The van der Waals surface area contributed by atoms with Crippen LogP contribution >= 0.6 is 11.3 Å². The summed E-state index contributed by atoms with van der Waals surface area (Å²) in [7, 11) is 0. The molecule has 0 aliphatic rings. The Hall–Kier alpha value is -3.71. The number of benzene rings is 2.